The molecule has 2 heteroatoms. The van der Waals surface area contributed by atoms with Crippen LogP contribution in [0.25, 0.3) is 0 Å². The lowest BCUT2D eigenvalue weighted by atomic mass is 10.6. The molecule has 0 unspecified atom stereocenters. The van der Waals surface area contributed by atoms with Crippen LogP contribution in [0.2, 0.25) is 0 Å². The molecular weight excluding hydrogens is 160 g/mol. The van der Waals surface area contributed by atoms with Crippen LogP contribution in [0.15, 0.2) is 25.1 Å². The van der Waals surface area contributed by atoms with Gasteiger partial charge in [-0.05, 0) is 33.2 Å². The van der Waals surface area contributed by atoms with Gasteiger partial charge in [0.05, 0.1) is 0 Å². The maximum Gasteiger partial charge on any atom is 0.0140 e. The van der Waals surface area contributed by atoms with Gasteiger partial charge in [-0.15, -0.1) is 0 Å². The molecule has 0 saturated carbocycles. The van der Waals surface area contributed by atoms with Crippen molar-refractivity contribution in [1.29, 1.82) is 0 Å². The molecule has 0 aliphatic heterocycles. The summed E-state index contributed by atoms with van der Waals surface area (Å²) < 4.78 is 0. The number of nitrogens with zero attached hydrogens (tertiary/aromatic N) is 2. The number of hydrogen-bond donors (Lipinski definition) is 0. The highest BCUT2D eigenvalue weighted by atomic mass is 15.1. The lowest BCUT2D eigenvalue weighted by Crippen LogP contribution is -2.07. The Morgan fingerprint density at radius 2 is 1.54 bits per heavy atom. The normalized spacial score (nSPS) is 9.00. The van der Waals surface area contributed by atoms with Crippen molar-refractivity contribution in [3.8, 4) is 0 Å². The van der Waals surface area contributed by atoms with Gasteiger partial charge in [0.1, 0.15) is 0 Å². The molecule has 0 N–H and O–H groups in total. The van der Waals surface area contributed by atoms with Crippen LogP contribution >= 0.6 is 0 Å². The summed E-state index contributed by atoms with van der Waals surface area (Å²) in [5, 5.41) is 0. The maximum atomic E-state index is 3.56. The van der Waals surface area contributed by atoms with Crippen molar-refractivity contribution in [3.05, 3.63) is 25.1 Å². The molecule has 0 radical (unpaired) electrons. The van der Waals surface area contributed by atoms with Crippen LogP contribution in [-0.2, 0) is 0 Å². The second-order valence-electron chi connectivity index (χ2n) is 2.81. The van der Waals surface area contributed by atoms with Gasteiger partial charge in [-0.25, -0.2) is 0 Å². The Balaban J connectivity index is 0. The molecule has 0 saturated heterocycles. The molecule has 0 aromatic heterocycles. The van der Waals surface area contributed by atoms with E-state index in [1.54, 1.807) is 6.20 Å². The minimum absolute atomic E-state index is 1.05. The minimum Gasteiger partial charge on any atom is -0.381 e. The molecule has 0 heterocycles. The van der Waals surface area contributed by atoms with Crippen molar-refractivity contribution >= 4 is 0 Å². The Bertz CT molecular complexity index is 130. The molecule has 0 bridgehead atoms. The van der Waals surface area contributed by atoms with E-state index in [0.717, 1.165) is 13.1 Å². The van der Waals surface area contributed by atoms with E-state index < -0.39 is 0 Å². The predicted molar refractivity (Wildman–Crippen MR) is 61.6 cm³/mol. The first-order valence-corrected chi connectivity index (χ1v) is 4.78. The van der Waals surface area contributed by atoms with E-state index in [-0.39, 0.29) is 0 Å². The number of allylic oxidation sites excluding steroid dienone is 1. The highest BCUT2D eigenvalue weighted by Gasteiger charge is 1.76. The van der Waals surface area contributed by atoms with Crippen LogP contribution in [0.1, 0.15) is 20.8 Å². The lowest BCUT2D eigenvalue weighted by molar-refractivity contribution is 0.483. The summed E-state index contributed by atoms with van der Waals surface area (Å²) in [5.41, 5.74) is 0. The average molecular weight is 184 g/mol. The van der Waals surface area contributed by atoms with E-state index in [1.165, 1.54) is 0 Å². The fourth-order valence-corrected chi connectivity index (χ4v) is 0.489. The minimum atomic E-state index is 1.05. The topological polar surface area (TPSA) is 6.48 Å². The van der Waals surface area contributed by atoms with Crippen LogP contribution in [0, 0.1) is 0 Å². The molecule has 0 aromatic carbocycles. The predicted octanol–water partition coefficient (Wildman–Crippen LogP) is 2.55. The molecule has 0 aliphatic rings. The van der Waals surface area contributed by atoms with Crippen LogP contribution in [0.5, 0.6) is 0 Å². The molecule has 78 valence electrons. The summed E-state index contributed by atoms with van der Waals surface area (Å²) in [5.74, 6) is 0. The zero-order chi connectivity index (χ0) is 10.7. The van der Waals surface area contributed by atoms with E-state index in [2.05, 4.69) is 38.6 Å². The molecule has 0 atom stereocenters. The lowest BCUT2D eigenvalue weighted by Gasteiger charge is -2.07. The summed E-state index contributed by atoms with van der Waals surface area (Å²) in [6.45, 7) is 11.9. The summed E-state index contributed by atoms with van der Waals surface area (Å²) in [4.78, 5) is 4.14. The Kier molecular flexibility index (Phi) is 12.4. The Morgan fingerprint density at radius 3 is 1.62 bits per heavy atom. The van der Waals surface area contributed by atoms with Crippen molar-refractivity contribution in [2.24, 2.45) is 0 Å². The summed E-state index contributed by atoms with van der Waals surface area (Å²) in [6, 6.07) is 0. The van der Waals surface area contributed by atoms with Crippen molar-refractivity contribution < 1.29 is 0 Å². The fraction of sp³-hybridized carbons (Fsp3) is 0.636. The zero-order valence-corrected chi connectivity index (χ0v) is 9.75. The quantitative estimate of drug-likeness (QED) is 0.662. The second kappa shape index (κ2) is 11.1. The smallest absolute Gasteiger partial charge is 0.0140 e. The SMILES string of the molecule is C=CN(C)CC.CC=CN(C)CC. The number of hydrogen-bond acceptors (Lipinski definition) is 2. The molecule has 2 nitrogen and oxygen atoms in total. The molecule has 0 aliphatic carbocycles. The third kappa shape index (κ3) is 14.0. The molecule has 0 aromatic rings. The highest BCUT2D eigenvalue weighted by molar-refractivity contribution is 4.74. The van der Waals surface area contributed by atoms with E-state index in [1.807, 2.05) is 24.9 Å². The van der Waals surface area contributed by atoms with Gasteiger partial charge in [0.2, 0.25) is 0 Å². The van der Waals surface area contributed by atoms with Gasteiger partial charge in [-0.2, -0.15) is 0 Å². The third-order valence-electron chi connectivity index (χ3n) is 1.71. The van der Waals surface area contributed by atoms with Crippen molar-refractivity contribution in [2.45, 2.75) is 20.8 Å². The molecule has 0 rings (SSSR count). The largest absolute Gasteiger partial charge is 0.381 e. The van der Waals surface area contributed by atoms with E-state index in [0.29, 0.717) is 0 Å². The Hall–Kier alpha value is -0.920. The zero-order valence-electron chi connectivity index (χ0n) is 9.75. The van der Waals surface area contributed by atoms with Crippen molar-refractivity contribution in [1.82, 2.24) is 9.80 Å². The van der Waals surface area contributed by atoms with Gasteiger partial charge < -0.3 is 9.80 Å². The van der Waals surface area contributed by atoms with Gasteiger partial charge in [-0.1, -0.05) is 12.7 Å². The standard InChI is InChI=1S/C6H13N.C5H11N/c1-4-6-7(3)5-2;1-4-6(3)5-2/h4,6H,5H2,1-3H3;4H,1,5H2,2-3H3. The second-order valence-corrected chi connectivity index (χ2v) is 2.81. The van der Waals surface area contributed by atoms with Crippen LogP contribution in [-0.4, -0.2) is 37.0 Å². The number of rotatable bonds is 4. The first-order chi connectivity index (χ1) is 6.12. The highest BCUT2D eigenvalue weighted by Crippen LogP contribution is 1.79. The fourth-order valence-electron chi connectivity index (χ4n) is 0.489. The Morgan fingerprint density at radius 1 is 1.08 bits per heavy atom. The van der Waals surface area contributed by atoms with Gasteiger partial charge in [0, 0.05) is 27.2 Å². The third-order valence-corrected chi connectivity index (χ3v) is 1.71. The summed E-state index contributed by atoms with van der Waals surface area (Å²) in [6.07, 6.45) is 5.89. The molecule has 13 heavy (non-hydrogen) atoms. The average Bonchev–Trinajstić information content (AvgIpc) is 2.18. The van der Waals surface area contributed by atoms with E-state index in [9.17, 15) is 0 Å². The first kappa shape index (κ1) is 14.6. The Labute approximate surface area is 83.5 Å². The van der Waals surface area contributed by atoms with Crippen LogP contribution < -0.4 is 0 Å². The van der Waals surface area contributed by atoms with Crippen LogP contribution in [0.3, 0.4) is 0 Å². The van der Waals surface area contributed by atoms with Crippen molar-refractivity contribution in [2.75, 3.05) is 27.2 Å². The molecule has 0 amide bonds. The van der Waals surface area contributed by atoms with E-state index in [4.69, 9.17) is 0 Å². The van der Waals surface area contributed by atoms with Gasteiger partial charge in [-0.3, -0.25) is 0 Å². The summed E-state index contributed by atoms with van der Waals surface area (Å²) >= 11 is 0. The summed E-state index contributed by atoms with van der Waals surface area (Å²) in [7, 11) is 4.05. The van der Waals surface area contributed by atoms with Crippen LogP contribution in [0.4, 0.5) is 0 Å². The first-order valence-electron chi connectivity index (χ1n) is 4.78. The molecule has 0 spiro atoms. The maximum absolute atomic E-state index is 3.56. The van der Waals surface area contributed by atoms with Gasteiger partial charge >= 0.3 is 0 Å². The van der Waals surface area contributed by atoms with Gasteiger partial charge in [0.15, 0.2) is 0 Å². The molecular formula is C11H24N2. The van der Waals surface area contributed by atoms with E-state index >= 15 is 0 Å². The van der Waals surface area contributed by atoms with Crippen molar-refractivity contribution in [3.63, 3.8) is 0 Å². The monoisotopic (exact) mass is 184 g/mol. The molecule has 0 fully saturated rings. The van der Waals surface area contributed by atoms with Gasteiger partial charge in [0.25, 0.3) is 0 Å².